The lowest BCUT2D eigenvalue weighted by atomic mass is 10.0. The number of allylic oxidation sites excluding steroid dienone is 1. The molecule has 0 amide bonds. The molecule has 8 rings (SSSR count). The lowest BCUT2D eigenvalue weighted by molar-refractivity contribution is 0.889. The molecule has 180 valence electrons. The van der Waals surface area contributed by atoms with Gasteiger partial charge >= 0.3 is 0 Å². The van der Waals surface area contributed by atoms with E-state index >= 15 is 0 Å². The quantitative estimate of drug-likeness (QED) is 0.235. The van der Waals surface area contributed by atoms with Crippen LogP contribution in [-0.4, -0.2) is 9.13 Å². The highest BCUT2D eigenvalue weighted by Gasteiger charge is 2.21. The third-order valence-electron chi connectivity index (χ3n) is 7.98. The van der Waals surface area contributed by atoms with Gasteiger partial charge in [-0.2, -0.15) is 0 Å². The Morgan fingerprint density at radius 2 is 1.11 bits per heavy atom. The average molecular weight is 487 g/mol. The first-order valence-corrected chi connectivity index (χ1v) is 13.4. The first-order valence-electron chi connectivity index (χ1n) is 13.4. The van der Waals surface area contributed by atoms with Gasteiger partial charge in [-0.05, 0) is 66.4 Å². The van der Waals surface area contributed by atoms with E-state index in [9.17, 15) is 0 Å². The third kappa shape index (κ3) is 3.13. The van der Waals surface area contributed by atoms with Gasteiger partial charge in [0.15, 0.2) is 0 Å². The molecule has 0 saturated heterocycles. The van der Waals surface area contributed by atoms with Gasteiger partial charge in [0, 0.05) is 38.8 Å². The summed E-state index contributed by atoms with van der Waals surface area (Å²) in [6.07, 6.45) is 6.77. The lowest BCUT2D eigenvalue weighted by Crippen LogP contribution is -2.02. The summed E-state index contributed by atoms with van der Waals surface area (Å²) in [5.74, 6) is 0. The number of aromatic nitrogens is 2. The smallest absolute Gasteiger partial charge is 0.0548 e. The van der Waals surface area contributed by atoms with Crippen LogP contribution in [0.4, 0.5) is 0 Å². The van der Waals surface area contributed by atoms with Crippen molar-refractivity contribution in [3.63, 3.8) is 0 Å². The van der Waals surface area contributed by atoms with Gasteiger partial charge in [0.1, 0.15) is 0 Å². The molecule has 1 aliphatic carbocycles. The first-order chi connectivity index (χ1) is 18.9. The highest BCUT2D eigenvalue weighted by molar-refractivity contribution is 6.14. The Labute approximate surface area is 221 Å². The normalized spacial score (nSPS) is 12.9. The second-order valence-electron chi connectivity index (χ2n) is 10.1. The number of rotatable bonds is 3. The zero-order valence-electron chi connectivity index (χ0n) is 21.0. The molecule has 7 aromatic rings. The van der Waals surface area contributed by atoms with Crippen LogP contribution in [0.3, 0.4) is 0 Å². The lowest BCUT2D eigenvalue weighted by Gasteiger charge is -2.14. The van der Waals surface area contributed by atoms with Crippen LogP contribution in [0, 0.1) is 0 Å². The zero-order chi connectivity index (χ0) is 25.1. The summed E-state index contributed by atoms with van der Waals surface area (Å²) in [6.45, 7) is 0. The van der Waals surface area contributed by atoms with E-state index in [1.807, 2.05) is 0 Å². The van der Waals surface area contributed by atoms with Crippen molar-refractivity contribution in [2.75, 3.05) is 0 Å². The van der Waals surface area contributed by atoms with Crippen LogP contribution in [-0.2, 0) is 6.42 Å². The summed E-state index contributed by atoms with van der Waals surface area (Å²) in [6, 6.07) is 44.0. The highest BCUT2D eigenvalue weighted by atomic mass is 15.0. The van der Waals surface area contributed by atoms with Crippen LogP contribution in [0.2, 0.25) is 0 Å². The van der Waals surface area contributed by atoms with Crippen LogP contribution < -0.4 is 0 Å². The molecule has 2 nitrogen and oxygen atoms in total. The van der Waals surface area contributed by atoms with E-state index in [-0.39, 0.29) is 0 Å². The molecular formula is C36H26N2. The zero-order valence-corrected chi connectivity index (χ0v) is 21.0. The van der Waals surface area contributed by atoms with E-state index in [2.05, 4.69) is 143 Å². The van der Waals surface area contributed by atoms with Gasteiger partial charge in [-0.25, -0.2) is 0 Å². The standard InChI is InChI=1S/C36H26N2/c1-3-11-25(12-4-1)26-19-21-28(22-20-26)38-34-18-10-8-16-30(34)32-23-35-31(24-36(32)38)29-15-7-9-17-33(29)37(35)27-13-5-2-6-14-27/h1-9,11-17,19-24H,10,18H2. The summed E-state index contributed by atoms with van der Waals surface area (Å²) in [5, 5.41) is 3.89. The maximum absolute atomic E-state index is 2.50. The topological polar surface area (TPSA) is 9.86 Å². The van der Waals surface area contributed by atoms with Crippen LogP contribution in [0.5, 0.6) is 0 Å². The molecule has 2 aromatic heterocycles. The molecule has 2 heteroatoms. The third-order valence-corrected chi connectivity index (χ3v) is 7.98. The maximum atomic E-state index is 2.50. The Hall–Kier alpha value is -4.82. The van der Waals surface area contributed by atoms with Crippen molar-refractivity contribution >= 4 is 38.8 Å². The summed E-state index contributed by atoms with van der Waals surface area (Å²) < 4.78 is 4.91. The van der Waals surface area contributed by atoms with Crippen LogP contribution in [0.25, 0.3) is 61.3 Å². The van der Waals surface area contributed by atoms with Gasteiger partial charge in [0.2, 0.25) is 0 Å². The molecule has 0 fully saturated rings. The molecule has 1 aliphatic rings. The molecule has 0 unspecified atom stereocenters. The highest BCUT2D eigenvalue weighted by Crippen LogP contribution is 2.40. The minimum absolute atomic E-state index is 1.05. The molecule has 0 saturated carbocycles. The van der Waals surface area contributed by atoms with Crippen molar-refractivity contribution in [3.8, 4) is 22.5 Å². The number of para-hydroxylation sites is 2. The fourth-order valence-electron chi connectivity index (χ4n) is 6.26. The Kier molecular flexibility index (Phi) is 4.68. The monoisotopic (exact) mass is 486 g/mol. The number of benzene rings is 5. The average Bonchev–Trinajstić information content (AvgIpc) is 3.49. The van der Waals surface area contributed by atoms with Gasteiger partial charge in [-0.3, -0.25) is 0 Å². The number of fused-ring (bicyclic) bond motifs is 6. The van der Waals surface area contributed by atoms with Crippen molar-refractivity contribution in [1.29, 1.82) is 0 Å². The largest absolute Gasteiger partial charge is 0.313 e. The summed E-state index contributed by atoms with van der Waals surface area (Å²) >= 11 is 0. The van der Waals surface area contributed by atoms with Crippen LogP contribution in [0.1, 0.15) is 17.7 Å². The molecular weight excluding hydrogens is 460 g/mol. The maximum Gasteiger partial charge on any atom is 0.0548 e. The molecule has 0 radical (unpaired) electrons. The van der Waals surface area contributed by atoms with Crippen molar-refractivity contribution in [2.24, 2.45) is 0 Å². The Morgan fingerprint density at radius 1 is 0.474 bits per heavy atom. The van der Waals surface area contributed by atoms with E-state index in [1.54, 1.807) is 0 Å². The minimum atomic E-state index is 1.05. The summed E-state index contributed by atoms with van der Waals surface area (Å²) in [7, 11) is 0. The van der Waals surface area contributed by atoms with Crippen molar-refractivity contribution in [3.05, 3.63) is 139 Å². The predicted octanol–water partition coefficient (Wildman–Crippen LogP) is 9.35. The fourth-order valence-corrected chi connectivity index (χ4v) is 6.26. The fraction of sp³-hybridized carbons (Fsp3) is 0.0556. The number of hydrogen-bond acceptors (Lipinski definition) is 0. The van der Waals surface area contributed by atoms with Crippen LogP contribution in [0.15, 0.2) is 127 Å². The van der Waals surface area contributed by atoms with Gasteiger partial charge in [-0.1, -0.05) is 91.0 Å². The summed E-state index contributed by atoms with van der Waals surface area (Å²) in [4.78, 5) is 0. The number of hydrogen-bond donors (Lipinski definition) is 0. The first kappa shape index (κ1) is 21.3. The summed E-state index contributed by atoms with van der Waals surface area (Å²) in [5.41, 5.74) is 11.4. The van der Waals surface area contributed by atoms with E-state index in [1.165, 1.54) is 66.5 Å². The van der Waals surface area contributed by atoms with E-state index in [0.717, 1.165) is 12.8 Å². The molecule has 0 atom stereocenters. The predicted molar refractivity (Wildman–Crippen MR) is 160 cm³/mol. The molecule has 0 N–H and O–H groups in total. The second kappa shape index (κ2) is 8.36. The van der Waals surface area contributed by atoms with Crippen molar-refractivity contribution < 1.29 is 0 Å². The molecule has 38 heavy (non-hydrogen) atoms. The SMILES string of the molecule is C1=Cc2c(n(-c3ccc(-c4ccccc4)cc3)c3cc4c5ccccc5n(-c5ccccc5)c4cc23)CC1. The van der Waals surface area contributed by atoms with E-state index in [0.29, 0.717) is 0 Å². The minimum Gasteiger partial charge on any atom is -0.313 e. The van der Waals surface area contributed by atoms with Crippen LogP contribution >= 0.6 is 0 Å². The molecule has 2 heterocycles. The van der Waals surface area contributed by atoms with Crippen molar-refractivity contribution in [2.45, 2.75) is 12.8 Å². The van der Waals surface area contributed by atoms with E-state index < -0.39 is 0 Å². The van der Waals surface area contributed by atoms with E-state index in [4.69, 9.17) is 0 Å². The molecule has 0 aliphatic heterocycles. The molecule has 0 bridgehead atoms. The molecule has 5 aromatic carbocycles. The Morgan fingerprint density at radius 3 is 1.92 bits per heavy atom. The Balaban J connectivity index is 1.42. The second-order valence-corrected chi connectivity index (χ2v) is 10.1. The van der Waals surface area contributed by atoms with Crippen molar-refractivity contribution in [1.82, 2.24) is 9.13 Å². The van der Waals surface area contributed by atoms with Gasteiger partial charge < -0.3 is 9.13 Å². The van der Waals surface area contributed by atoms with Gasteiger partial charge in [0.25, 0.3) is 0 Å². The Bertz CT molecular complexity index is 1990. The van der Waals surface area contributed by atoms with Gasteiger partial charge in [-0.15, -0.1) is 0 Å². The van der Waals surface area contributed by atoms with Gasteiger partial charge in [0.05, 0.1) is 16.6 Å². The molecule has 0 spiro atoms. The number of nitrogens with zero attached hydrogens (tertiary/aromatic N) is 2.